The Labute approximate surface area is 68.5 Å². The minimum absolute atomic E-state index is 0.398. The molecular formula is C8H17N3. The van der Waals surface area contributed by atoms with Crippen molar-refractivity contribution in [3.63, 3.8) is 0 Å². The van der Waals surface area contributed by atoms with E-state index in [2.05, 4.69) is 38.0 Å². The molecule has 0 aromatic heterocycles. The number of hydrogen-bond donors (Lipinski definition) is 0. The molecule has 0 N–H and O–H groups in total. The van der Waals surface area contributed by atoms with Gasteiger partial charge >= 0.3 is 0 Å². The van der Waals surface area contributed by atoms with Gasteiger partial charge in [-0.3, -0.25) is 5.01 Å². The molecule has 0 amide bonds. The molecule has 0 bridgehead atoms. The fourth-order valence-corrected chi connectivity index (χ4v) is 1.52. The molecule has 3 heteroatoms. The van der Waals surface area contributed by atoms with Gasteiger partial charge < -0.3 is 0 Å². The fraction of sp³-hybridized carbons (Fsp3) is 1.00. The van der Waals surface area contributed by atoms with Gasteiger partial charge in [-0.15, -0.1) is 0 Å². The summed E-state index contributed by atoms with van der Waals surface area (Å²) >= 11 is 0. The van der Waals surface area contributed by atoms with Crippen LogP contribution in [0.3, 0.4) is 0 Å². The van der Waals surface area contributed by atoms with Crippen molar-refractivity contribution in [3.05, 3.63) is 0 Å². The lowest BCUT2D eigenvalue weighted by molar-refractivity contribution is 0.230. The molecule has 3 nitrogen and oxygen atoms in total. The lowest BCUT2D eigenvalue weighted by Crippen LogP contribution is -2.34. The van der Waals surface area contributed by atoms with Crippen LogP contribution in [0.4, 0.5) is 0 Å². The molecule has 1 rings (SSSR count). The highest BCUT2D eigenvalue weighted by Gasteiger charge is 2.29. The Balaban J connectivity index is 2.56. The second kappa shape index (κ2) is 3.20. The highest BCUT2D eigenvalue weighted by molar-refractivity contribution is 4.84. The number of hydrogen-bond acceptors (Lipinski definition) is 3. The van der Waals surface area contributed by atoms with E-state index < -0.39 is 0 Å². The lowest BCUT2D eigenvalue weighted by atomic mass is 9.99. The van der Waals surface area contributed by atoms with Gasteiger partial charge in [-0.25, -0.2) is 0 Å². The van der Waals surface area contributed by atoms with Gasteiger partial charge in [-0.1, -0.05) is 19.1 Å². The van der Waals surface area contributed by atoms with Crippen molar-refractivity contribution in [3.8, 4) is 0 Å². The van der Waals surface area contributed by atoms with E-state index in [0.29, 0.717) is 18.0 Å². The zero-order valence-corrected chi connectivity index (χ0v) is 7.78. The van der Waals surface area contributed by atoms with E-state index in [-0.39, 0.29) is 0 Å². The molecule has 0 radical (unpaired) electrons. The summed E-state index contributed by atoms with van der Waals surface area (Å²) in [6.45, 7) is 9.65. The summed E-state index contributed by atoms with van der Waals surface area (Å²) in [5, 5.41) is 10.4. The maximum atomic E-state index is 4.22. The van der Waals surface area contributed by atoms with Gasteiger partial charge in [-0.2, -0.15) is 5.11 Å². The summed E-state index contributed by atoms with van der Waals surface area (Å²) in [7, 11) is 0. The Morgan fingerprint density at radius 2 is 2.09 bits per heavy atom. The standard InChI is InChI=1S/C8H17N3/c1-5-11-7(4)8(6(2)3)9-10-11/h6-8H,5H2,1-4H3. The Kier molecular flexibility index (Phi) is 2.47. The maximum Gasteiger partial charge on any atom is 0.0969 e. The van der Waals surface area contributed by atoms with E-state index in [4.69, 9.17) is 0 Å². The third-order valence-corrected chi connectivity index (χ3v) is 2.27. The fourth-order valence-electron chi connectivity index (χ4n) is 1.52. The van der Waals surface area contributed by atoms with Crippen molar-refractivity contribution in [2.24, 2.45) is 16.3 Å². The van der Waals surface area contributed by atoms with Crippen LogP contribution in [0.25, 0.3) is 0 Å². The molecule has 0 saturated carbocycles. The molecule has 0 spiro atoms. The highest BCUT2D eigenvalue weighted by atomic mass is 15.6. The maximum absolute atomic E-state index is 4.22. The minimum atomic E-state index is 0.398. The van der Waals surface area contributed by atoms with E-state index in [1.165, 1.54) is 0 Å². The van der Waals surface area contributed by atoms with Crippen LogP contribution in [0.5, 0.6) is 0 Å². The Morgan fingerprint density at radius 3 is 2.36 bits per heavy atom. The van der Waals surface area contributed by atoms with Gasteiger partial charge in [0.05, 0.1) is 12.1 Å². The van der Waals surface area contributed by atoms with Crippen LogP contribution in [-0.2, 0) is 0 Å². The van der Waals surface area contributed by atoms with Crippen LogP contribution in [0.2, 0.25) is 0 Å². The third-order valence-electron chi connectivity index (χ3n) is 2.27. The first-order valence-electron chi connectivity index (χ1n) is 4.34. The Morgan fingerprint density at radius 1 is 1.45 bits per heavy atom. The molecule has 2 unspecified atom stereocenters. The van der Waals surface area contributed by atoms with Crippen LogP contribution in [0.1, 0.15) is 27.7 Å². The average molecular weight is 155 g/mol. The van der Waals surface area contributed by atoms with Gasteiger partial charge in [0, 0.05) is 6.54 Å². The first-order valence-corrected chi connectivity index (χ1v) is 4.34. The molecule has 1 heterocycles. The van der Waals surface area contributed by atoms with Gasteiger partial charge in [0.15, 0.2) is 0 Å². The Bertz CT molecular complexity index is 153. The quantitative estimate of drug-likeness (QED) is 0.600. The molecular weight excluding hydrogens is 138 g/mol. The summed E-state index contributed by atoms with van der Waals surface area (Å²) in [6, 6.07) is 0.884. The summed E-state index contributed by atoms with van der Waals surface area (Å²) < 4.78 is 0. The van der Waals surface area contributed by atoms with Crippen LogP contribution in [-0.4, -0.2) is 23.6 Å². The van der Waals surface area contributed by atoms with E-state index in [9.17, 15) is 0 Å². The molecule has 0 aromatic rings. The average Bonchev–Trinajstić information content (AvgIpc) is 2.30. The molecule has 0 fully saturated rings. The second-order valence-corrected chi connectivity index (χ2v) is 3.44. The molecule has 1 aliphatic heterocycles. The van der Waals surface area contributed by atoms with Gasteiger partial charge in [-0.05, 0) is 19.8 Å². The topological polar surface area (TPSA) is 28.0 Å². The van der Waals surface area contributed by atoms with Crippen molar-refractivity contribution < 1.29 is 0 Å². The van der Waals surface area contributed by atoms with Gasteiger partial charge in [0.1, 0.15) is 0 Å². The number of nitrogens with zero attached hydrogens (tertiary/aromatic N) is 3. The largest absolute Gasteiger partial charge is 0.274 e. The van der Waals surface area contributed by atoms with Gasteiger partial charge in [0.2, 0.25) is 0 Å². The Hall–Kier alpha value is -0.600. The third kappa shape index (κ3) is 1.52. The monoisotopic (exact) mass is 155 g/mol. The normalized spacial score (nSPS) is 30.5. The van der Waals surface area contributed by atoms with E-state index in [1.807, 2.05) is 5.01 Å². The first-order chi connectivity index (χ1) is 5.16. The zero-order chi connectivity index (χ0) is 8.43. The smallest absolute Gasteiger partial charge is 0.0969 e. The molecule has 64 valence electrons. The van der Waals surface area contributed by atoms with Crippen molar-refractivity contribution >= 4 is 0 Å². The predicted octanol–water partition coefficient (Wildman–Crippen LogP) is 2.10. The van der Waals surface area contributed by atoms with Crippen LogP contribution in [0, 0.1) is 5.92 Å². The van der Waals surface area contributed by atoms with Crippen molar-refractivity contribution in [2.75, 3.05) is 6.54 Å². The second-order valence-electron chi connectivity index (χ2n) is 3.44. The summed E-state index contributed by atoms with van der Waals surface area (Å²) in [4.78, 5) is 0. The van der Waals surface area contributed by atoms with Crippen molar-refractivity contribution in [2.45, 2.75) is 39.8 Å². The van der Waals surface area contributed by atoms with Crippen LogP contribution < -0.4 is 0 Å². The SMILES string of the molecule is CCN1N=NC(C(C)C)C1C. The minimum Gasteiger partial charge on any atom is -0.274 e. The lowest BCUT2D eigenvalue weighted by Gasteiger charge is -2.22. The van der Waals surface area contributed by atoms with Crippen molar-refractivity contribution in [1.82, 2.24) is 5.01 Å². The van der Waals surface area contributed by atoms with E-state index in [1.54, 1.807) is 0 Å². The number of rotatable bonds is 2. The molecule has 1 aliphatic rings. The summed E-state index contributed by atoms with van der Waals surface area (Å²) in [5.74, 6) is 0.602. The number of likely N-dealkylation sites (N-methyl/N-ethyl adjacent to an activating group) is 1. The predicted molar refractivity (Wildman–Crippen MR) is 45.3 cm³/mol. The highest BCUT2D eigenvalue weighted by Crippen LogP contribution is 2.22. The van der Waals surface area contributed by atoms with Crippen LogP contribution >= 0.6 is 0 Å². The summed E-state index contributed by atoms with van der Waals surface area (Å²) in [6.07, 6.45) is 0. The van der Waals surface area contributed by atoms with Crippen molar-refractivity contribution in [1.29, 1.82) is 0 Å². The molecule has 0 aromatic carbocycles. The molecule has 0 saturated heterocycles. The van der Waals surface area contributed by atoms with E-state index in [0.717, 1.165) is 6.54 Å². The van der Waals surface area contributed by atoms with Crippen LogP contribution in [0.15, 0.2) is 10.3 Å². The van der Waals surface area contributed by atoms with E-state index >= 15 is 0 Å². The van der Waals surface area contributed by atoms with Gasteiger partial charge in [0.25, 0.3) is 0 Å². The zero-order valence-electron chi connectivity index (χ0n) is 7.78. The molecule has 11 heavy (non-hydrogen) atoms. The first kappa shape index (κ1) is 8.50. The molecule has 0 aliphatic carbocycles. The molecule has 2 atom stereocenters. The summed E-state index contributed by atoms with van der Waals surface area (Å²) in [5.41, 5.74) is 0.